The van der Waals surface area contributed by atoms with E-state index >= 15 is 0 Å². The van der Waals surface area contributed by atoms with E-state index in [2.05, 4.69) is 68.6 Å². The molecule has 158 valence electrons. The zero-order valence-corrected chi connectivity index (χ0v) is 19.5. The van der Waals surface area contributed by atoms with Crippen molar-refractivity contribution in [3.05, 3.63) is 81.6 Å². The highest BCUT2D eigenvalue weighted by molar-refractivity contribution is 6.35. The molecule has 0 aliphatic heterocycles. The summed E-state index contributed by atoms with van der Waals surface area (Å²) in [6.07, 6.45) is 4.13. The second kappa shape index (κ2) is 9.29. The molecule has 0 spiro atoms. The normalized spacial score (nSPS) is 14.4. The minimum absolute atomic E-state index is 0.0126. The molecule has 0 aliphatic carbocycles. The highest BCUT2D eigenvalue weighted by Crippen LogP contribution is 2.34. The molecule has 0 saturated carbocycles. The van der Waals surface area contributed by atoms with E-state index in [0.717, 1.165) is 11.4 Å². The van der Waals surface area contributed by atoms with Crippen molar-refractivity contribution in [3.63, 3.8) is 0 Å². The van der Waals surface area contributed by atoms with Crippen molar-refractivity contribution in [1.82, 2.24) is 20.2 Å². The molecule has 2 aromatic carbocycles. The number of rotatable bonds is 6. The molecule has 0 saturated heterocycles. The van der Waals surface area contributed by atoms with E-state index in [1.165, 1.54) is 10.5 Å². The van der Waals surface area contributed by atoms with Crippen LogP contribution < -0.4 is 4.90 Å². The minimum atomic E-state index is -0.123. The quantitative estimate of drug-likeness (QED) is 0.607. The lowest BCUT2D eigenvalue weighted by atomic mass is 9.86. The lowest BCUT2D eigenvalue weighted by Gasteiger charge is -2.30. The van der Waals surface area contributed by atoms with Crippen LogP contribution in [-0.2, 0) is 0 Å². The molecule has 0 bridgehead atoms. The summed E-state index contributed by atoms with van der Waals surface area (Å²) in [5, 5.41) is 14.1. The van der Waals surface area contributed by atoms with Crippen molar-refractivity contribution >= 4 is 29.3 Å². The van der Waals surface area contributed by atoms with E-state index < -0.39 is 0 Å². The predicted molar refractivity (Wildman–Crippen MR) is 123 cm³/mol. The molecule has 3 rings (SSSR count). The van der Waals surface area contributed by atoms with Crippen molar-refractivity contribution in [2.75, 3.05) is 14.1 Å². The van der Waals surface area contributed by atoms with Gasteiger partial charge in [-0.2, -0.15) is 0 Å². The molecule has 5 nitrogen and oxygen atoms in total. The van der Waals surface area contributed by atoms with Crippen LogP contribution in [0.25, 0.3) is 6.08 Å². The number of aromatic nitrogens is 4. The van der Waals surface area contributed by atoms with Crippen molar-refractivity contribution in [1.29, 1.82) is 0 Å². The Morgan fingerprint density at radius 1 is 1.03 bits per heavy atom. The number of quaternary nitrogens is 1. The number of nitrogens with zero attached hydrogens (tertiary/aromatic N) is 4. The molecule has 30 heavy (non-hydrogen) atoms. The van der Waals surface area contributed by atoms with Gasteiger partial charge in [0.05, 0.1) is 20.1 Å². The third-order valence-corrected chi connectivity index (χ3v) is 5.62. The van der Waals surface area contributed by atoms with Gasteiger partial charge >= 0.3 is 0 Å². The molecule has 0 aliphatic rings. The van der Waals surface area contributed by atoms with E-state index in [1.54, 1.807) is 6.07 Å². The molecule has 3 aromatic rings. The van der Waals surface area contributed by atoms with Crippen molar-refractivity contribution in [2.45, 2.75) is 32.9 Å². The Morgan fingerprint density at radius 2 is 1.73 bits per heavy atom. The number of tetrazole rings is 1. The first-order valence-corrected chi connectivity index (χ1v) is 10.7. The van der Waals surface area contributed by atoms with E-state index in [1.807, 2.05) is 41.1 Å². The number of benzene rings is 2. The smallest absolute Gasteiger partial charge is 0.214 e. The highest BCUT2D eigenvalue weighted by Gasteiger charge is 2.33. The van der Waals surface area contributed by atoms with E-state index in [4.69, 9.17) is 23.2 Å². The molecular formula is C23H28Cl2N5+. The van der Waals surface area contributed by atoms with Crippen LogP contribution in [0, 0.1) is 5.41 Å². The van der Waals surface area contributed by atoms with Gasteiger partial charge in [-0.05, 0) is 33.5 Å². The minimum Gasteiger partial charge on any atom is -0.327 e. The summed E-state index contributed by atoms with van der Waals surface area (Å²) in [6, 6.07) is 15.8. The molecular weight excluding hydrogens is 417 g/mol. The van der Waals surface area contributed by atoms with Crippen LogP contribution in [0.4, 0.5) is 0 Å². The predicted octanol–water partition coefficient (Wildman–Crippen LogP) is 4.51. The number of allylic oxidation sites excluding steroid dienone is 1. The second-order valence-electron chi connectivity index (χ2n) is 8.74. The topological polar surface area (TPSA) is 48.0 Å². The fourth-order valence-electron chi connectivity index (χ4n) is 3.54. The molecule has 0 amide bonds. The zero-order valence-electron chi connectivity index (χ0n) is 18.0. The third-order valence-electron chi connectivity index (χ3n) is 5.06. The fraction of sp³-hybridized carbons (Fsp3) is 0.348. The maximum Gasteiger partial charge on any atom is 0.214 e. The van der Waals surface area contributed by atoms with Gasteiger partial charge in [-0.25, -0.2) is 4.68 Å². The summed E-state index contributed by atoms with van der Waals surface area (Å²) in [7, 11) is 4.23. The van der Waals surface area contributed by atoms with Crippen LogP contribution in [0.15, 0.2) is 54.6 Å². The SMILES string of the molecule is C[NH+](C)[C@H](c1ccccc1)c1nnnn1[C@@H](/C=C/c1ccc(Cl)cc1Cl)C(C)(C)C. The zero-order chi connectivity index (χ0) is 21.9. The summed E-state index contributed by atoms with van der Waals surface area (Å²) < 4.78 is 1.94. The summed E-state index contributed by atoms with van der Waals surface area (Å²) in [5.41, 5.74) is 1.95. The van der Waals surface area contributed by atoms with Crippen LogP contribution >= 0.6 is 23.2 Å². The average molecular weight is 445 g/mol. The fourth-order valence-corrected chi connectivity index (χ4v) is 4.01. The van der Waals surface area contributed by atoms with Crippen LogP contribution in [0.5, 0.6) is 0 Å². The molecule has 1 N–H and O–H groups in total. The molecule has 0 fully saturated rings. The van der Waals surface area contributed by atoms with Gasteiger partial charge in [-0.3, -0.25) is 0 Å². The van der Waals surface area contributed by atoms with Crippen LogP contribution in [0.1, 0.15) is 49.8 Å². The van der Waals surface area contributed by atoms with E-state index in [9.17, 15) is 0 Å². The number of nitrogens with one attached hydrogen (secondary N) is 1. The maximum atomic E-state index is 6.37. The lowest BCUT2D eigenvalue weighted by Crippen LogP contribution is -3.06. The monoisotopic (exact) mass is 444 g/mol. The molecule has 0 unspecified atom stereocenters. The number of halogens is 2. The Bertz CT molecular complexity index is 1010. The Balaban J connectivity index is 2.05. The van der Waals surface area contributed by atoms with Gasteiger partial charge in [-0.1, -0.05) is 92.5 Å². The molecule has 1 heterocycles. The molecule has 2 atom stereocenters. The Morgan fingerprint density at radius 3 is 2.33 bits per heavy atom. The van der Waals surface area contributed by atoms with Gasteiger partial charge in [0.15, 0.2) is 6.04 Å². The maximum absolute atomic E-state index is 6.37. The lowest BCUT2D eigenvalue weighted by molar-refractivity contribution is -0.886. The van der Waals surface area contributed by atoms with Gasteiger partial charge in [0, 0.05) is 15.6 Å². The third kappa shape index (κ3) is 5.09. The largest absolute Gasteiger partial charge is 0.327 e. The van der Waals surface area contributed by atoms with Crippen molar-refractivity contribution in [3.8, 4) is 0 Å². The van der Waals surface area contributed by atoms with Gasteiger partial charge in [0.2, 0.25) is 5.82 Å². The summed E-state index contributed by atoms with van der Waals surface area (Å²) in [6.45, 7) is 6.53. The summed E-state index contributed by atoms with van der Waals surface area (Å²) >= 11 is 12.4. The Hall–Kier alpha value is -2.21. The Labute approximate surface area is 188 Å². The number of hydrogen-bond acceptors (Lipinski definition) is 3. The summed E-state index contributed by atoms with van der Waals surface area (Å²) in [5.74, 6) is 0.827. The van der Waals surface area contributed by atoms with Gasteiger partial charge in [0.1, 0.15) is 0 Å². The van der Waals surface area contributed by atoms with Crippen LogP contribution in [0.3, 0.4) is 0 Å². The first-order chi connectivity index (χ1) is 14.2. The molecule has 0 radical (unpaired) electrons. The average Bonchev–Trinajstić information content (AvgIpc) is 3.12. The van der Waals surface area contributed by atoms with E-state index in [-0.39, 0.29) is 17.5 Å². The van der Waals surface area contributed by atoms with Gasteiger partial charge in [0.25, 0.3) is 0 Å². The highest BCUT2D eigenvalue weighted by atomic mass is 35.5. The van der Waals surface area contributed by atoms with E-state index in [0.29, 0.717) is 10.0 Å². The van der Waals surface area contributed by atoms with Gasteiger partial charge < -0.3 is 4.90 Å². The summed E-state index contributed by atoms with van der Waals surface area (Å²) in [4.78, 5) is 1.23. The Kier molecular flexibility index (Phi) is 6.96. The van der Waals surface area contributed by atoms with Crippen LogP contribution in [-0.4, -0.2) is 34.3 Å². The van der Waals surface area contributed by atoms with Crippen molar-refractivity contribution < 1.29 is 4.90 Å². The first kappa shape index (κ1) is 22.5. The number of hydrogen-bond donors (Lipinski definition) is 1. The standard InChI is InChI=1S/C23H27Cl2N5/c1-23(2,3)20(14-12-16-11-13-18(24)15-19(16)25)30-22(26-27-28-30)21(29(4)5)17-9-7-6-8-10-17/h6-15,20-21H,1-5H3/p+1/b14-12+/t20-,21+/m0/s1. The second-order valence-corrected chi connectivity index (χ2v) is 9.58. The van der Waals surface area contributed by atoms with Crippen LogP contribution in [0.2, 0.25) is 10.0 Å². The molecule has 7 heteroatoms. The molecule has 1 aromatic heterocycles. The first-order valence-electron chi connectivity index (χ1n) is 9.94. The van der Waals surface area contributed by atoms with Crippen molar-refractivity contribution in [2.24, 2.45) is 5.41 Å². The van der Waals surface area contributed by atoms with Gasteiger partial charge in [-0.15, -0.1) is 5.10 Å².